The maximum atomic E-state index is 12.6. The molecule has 7 heteroatoms. The molecule has 0 bridgehead atoms. The number of amides is 1. The standard InChI is InChI=1S/C23H28N4O2S/c1-16(2)9-14-29-26-23(28)17-7-8-21-19(15-17)25-22(27-12-10-24-11-13-27)18-5-3-4-6-20(18)30-21/h3-8,15-16,24H,9-14H2,1-2H3,(H,26,28). The number of nitrogens with zero attached hydrogens (tertiary/aromatic N) is 2. The van der Waals surface area contributed by atoms with Crippen molar-refractivity contribution >= 4 is 29.2 Å². The Bertz CT molecular complexity index is 939. The molecule has 0 unspecified atom stereocenters. The van der Waals surface area contributed by atoms with Gasteiger partial charge in [0.25, 0.3) is 5.91 Å². The van der Waals surface area contributed by atoms with Crippen molar-refractivity contribution in [2.45, 2.75) is 30.1 Å². The van der Waals surface area contributed by atoms with Crippen molar-refractivity contribution in [2.75, 3.05) is 32.8 Å². The van der Waals surface area contributed by atoms with E-state index in [1.165, 1.54) is 4.90 Å². The molecule has 2 aromatic carbocycles. The van der Waals surface area contributed by atoms with Gasteiger partial charge >= 0.3 is 0 Å². The number of hydrogen-bond acceptors (Lipinski definition) is 6. The molecule has 0 atom stereocenters. The molecule has 2 aliphatic rings. The normalized spacial score (nSPS) is 15.8. The van der Waals surface area contributed by atoms with Gasteiger partial charge in [0.1, 0.15) is 5.84 Å². The fourth-order valence-electron chi connectivity index (χ4n) is 3.45. The molecular formula is C23H28N4O2S. The minimum atomic E-state index is -0.243. The summed E-state index contributed by atoms with van der Waals surface area (Å²) in [5.74, 6) is 1.27. The molecule has 0 aliphatic carbocycles. The number of fused-ring (bicyclic) bond motifs is 2. The highest BCUT2D eigenvalue weighted by Gasteiger charge is 2.23. The smallest absolute Gasteiger partial charge is 0.274 e. The third-order valence-electron chi connectivity index (χ3n) is 5.17. The van der Waals surface area contributed by atoms with Crippen LogP contribution in [-0.4, -0.2) is 49.4 Å². The number of amidine groups is 1. The number of carbonyl (C=O) groups excluding carboxylic acids is 1. The van der Waals surface area contributed by atoms with Gasteiger partial charge in [-0.3, -0.25) is 9.63 Å². The lowest BCUT2D eigenvalue weighted by Gasteiger charge is -2.30. The van der Waals surface area contributed by atoms with Crippen LogP contribution in [0.3, 0.4) is 0 Å². The number of hydrogen-bond donors (Lipinski definition) is 2. The van der Waals surface area contributed by atoms with E-state index in [9.17, 15) is 4.79 Å². The van der Waals surface area contributed by atoms with Crippen molar-refractivity contribution in [1.29, 1.82) is 0 Å². The summed E-state index contributed by atoms with van der Waals surface area (Å²) in [6, 6.07) is 14.0. The summed E-state index contributed by atoms with van der Waals surface area (Å²) in [6.07, 6.45) is 0.901. The van der Waals surface area contributed by atoms with Crippen molar-refractivity contribution in [3.05, 3.63) is 53.6 Å². The molecule has 2 N–H and O–H groups in total. The molecule has 1 fully saturated rings. The van der Waals surface area contributed by atoms with Crippen LogP contribution in [0.5, 0.6) is 0 Å². The molecule has 158 valence electrons. The van der Waals surface area contributed by atoms with Crippen molar-refractivity contribution in [3.63, 3.8) is 0 Å². The quantitative estimate of drug-likeness (QED) is 0.564. The summed E-state index contributed by atoms with van der Waals surface area (Å²) in [7, 11) is 0. The van der Waals surface area contributed by atoms with Crippen LogP contribution in [0.1, 0.15) is 36.2 Å². The van der Waals surface area contributed by atoms with E-state index < -0.39 is 0 Å². The number of benzene rings is 2. The maximum Gasteiger partial charge on any atom is 0.274 e. The van der Waals surface area contributed by atoms with Crippen LogP contribution in [0.25, 0.3) is 0 Å². The predicted molar refractivity (Wildman–Crippen MR) is 121 cm³/mol. The molecule has 0 spiro atoms. The van der Waals surface area contributed by atoms with Gasteiger partial charge < -0.3 is 10.2 Å². The van der Waals surface area contributed by atoms with Gasteiger partial charge in [-0.05, 0) is 36.6 Å². The molecule has 0 saturated carbocycles. The van der Waals surface area contributed by atoms with Crippen molar-refractivity contribution < 1.29 is 9.63 Å². The average molecular weight is 425 g/mol. The zero-order chi connectivity index (χ0) is 20.9. The lowest BCUT2D eigenvalue weighted by Crippen LogP contribution is -2.46. The van der Waals surface area contributed by atoms with E-state index in [-0.39, 0.29) is 5.91 Å². The Hall–Kier alpha value is -2.35. The Kier molecular flexibility index (Phi) is 6.72. The summed E-state index contributed by atoms with van der Waals surface area (Å²) in [6.45, 7) is 8.47. The Balaban J connectivity index is 1.61. The van der Waals surface area contributed by atoms with Crippen LogP contribution in [-0.2, 0) is 4.84 Å². The first-order valence-electron chi connectivity index (χ1n) is 10.5. The van der Waals surface area contributed by atoms with Gasteiger partial charge in [0.2, 0.25) is 0 Å². The number of rotatable bonds is 5. The SMILES string of the molecule is CC(C)CCONC(=O)c1ccc2c(c1)N=C(N1CCNCC1)c1ccccc1S2. The first-order chi connectivity index (χ1) is 14.6. The monoisotopic (exact) mass is 424 g/mol. The second-order valence-corrected chi connectivity index (χ2v) is 9.00. The number of piperazine rings is 1. The zero-order valence-electron chi connectivity index (χ0n) is 17.5. The van der Waals surface area contributed by atoms with Gasteiger partial charge in [-0.1, -0.05) is 43.8 Å². The third-order valence-corrected chi connectivity index (χ3v) is 6.32. The van der Waals surface area contributed by atoms with Crippen LogP contribution in [0.15, 0.2) is 57.2 Å². The Labute approximate surface area is 182 Å². The summed E-state index contributed by atoms with van der Waals surface area (Å²) < 4.78 is 0. The minimum Gasteiger partial charge on any atom is -0.354 e. The molecule has 1 amide bonds. The number of aliphatic imine (C=N–C) groups is 1. The molecule has 1 saturated heterocycles. The molecule has 0 aromatic heterocycles. The second-order valence-electron chi connectivity index (χ2n) is 7.92. The zero-order valence-corrected chi connectivity index (χ0v) is 18.3. The van der Waals surface area contributed by atoms with E-state index in [0.717, 1.165) is 54.6 Å². The van der Waals surface area contributed by atoms with Crippen LogP contribution >= 0.6 is 11.8 Å². The summed E-state index contributed by atoms with van der Waals surface area (Å²) in [4.78, 5) is 27.5. The highest BCUT2D eigenvalue weighted by molar-refractivity contribution is 7.99. The average Bonchev–Trinajstić information content (AvgIpc) is 2.93. The van der Waals surface area contributed by atoms with Crippen LogP contribution in [0.4, 0.5) is 5.69 Å². The van der Waals surface area contributed by atoms with Gasteiger partial charge in [-0.15, -0.1) is 0 Å². The van der Waals surface area contributed by atoms with Crippen molar-refractivity contribution in [1.82, 2.24) is 15.7 Å². The predicted octanol–water partition coefficient (Wildman–Crippen LogP) is 3.84. The van der Waals surface area contributed by atoms with Gasteiger partial charge in [0.05, 0.1) is 12.3 Å². The molecule has 6 nitrogen and oxygen atoms in total. The first kappa shape index (κ1) is 20.9. The third kappa shape index (κ3) is 4.86. The summed E-state index contributed by atoms with van der Waals surface area (Å²) in [5, 5.41) is 3.40. The molecular weight excluding hydrogens is 396 g/mol. The topological polar surface area (TPSA) is 66.0 Å². The van der Waals surface area contributed by atoms with Gasteiger partial charge in [0.15, 0.2) is 0 Å². The maximum absolute atomic E-state index is 12.6. The Morgan fingerprint density at radius 2 is 2.00 bits per heavy atom. The van der Waals surface area contributed by atoms with Gasteiger partial charge in [0, 0.05) is 47.1 Å². The van der Waals surface area contributed by atoms with Crippen LogP contribution in [0.2, 0.25) is 0 Å². The Morgan fingerprint density at radius 3 is 2.80 bits per heavy atom. The largest absolute Gasteiger partial charge is 0.354 e. The van der Waals surface area contributed by atoms with Gasteiger partial charge in [-0.25, -0.2) is 10.5 Å². The van der Waals surface area contributed by atoms with E-state index in [2.05, 4.69) is 53.8 Å². The summed E-state index contributed by atoms with van der Waals surface area (Å²) in [5.41, 5.74) is 5.07. The first-order valence-corrected chi connectivity index (χ1v) is 11.3. The van der Waals surface area contributed by atoms with Crippen LogP contribution in [0, 0.1) is 5.92 Å². The van der Waals surface area contributed by atoms with E-state index in [1.54, 1.807) is 11.8 Å². The molecule has 0 radical (unpaired) electrons. The van der Waals surface area contributed by atoms with E-state index >= 15 is 0 Å². The number of nitrogens with one attached hydrogen (secondary N) is 2. The van der Waals surface area contributed by atoms with E-state index in [4.69, 9.17) is 9.83 Å². The van der Waals surface area contributed by atoms with Crippen LogP contribution < -0.4 is 10.8 Å². The highest BCUT2D eigenvalue weighted by Crippen LogP contribution is 2.41. The minimum absolute atomic E-state index is 0.243. The van der Waals surface area contributed by atoms with Crippen molar-refractivity contribution in [2.24, 2.45) is 10.9 Å². The number of hydroxylamine groups is 1. The molecule has 4 rings (SSSR count). The van der Waals surface area contributed by atoms with E-state index in [1.807, 2.05) is 18.2 Å². The molecule has 30 heavy (non-hydrogen) atoms. The van der Waals surface area contributed by atoms with Crippen molar-refractivity contribution in [3.8, 4) is 0 Å². The highest BCUT2D eigenvalue weighted by atomic mass is 32.2. The van der Waals surface area contributed by atoms with Gasteiger partial charge in [-0.2, -0.15) is 0 Å². The van der Waals surface area contributed by atoms with E-state index in [0.29, 0.717) is 18.1 Å². The second kappa shape index (κ2) is 9.64. The fourth-order valence-corrected chi connectivity index (χ4v) is 4.45. The molecule has 2 aromatic rings. The lowest BCUT2D eigenvalue weighted by atomic mass is 10.1. The molecule has 2 heterocycles. The summed E-state index contributed by atoms with van der Waals surface area (Å²) >= 11 is 1.70. The fraction of sp³-hybridized carbons (Fsp3) is 0.391. The Morgan fingerprint density at radius 1 is 1.20 bits per heavy atom. The molecule has 2 aliphatic heterocycles. The number of carbonyl (C=O) groups is 1. The lowest BCUT2D eigenvalue weighted by molar-refractivity contribution is 0.0274.